The van der Waals surface area contributed by atoms with E-state index in [2.05, 4.69) is 22.1 Å². The third-order valence-corrected chi connectivity index (χ3v) is 4.96. The summed E-state index contributed by atoms with van der Waals surface area (Å²) in [5, 5.41) is 3.30. The molecule has 1 aliphatic carbocycles. The molecule has 2 aliphatic rings. The molecule has 21 heavy (non-hydrogen) atoms. The summed E-state index contributed by atoms with van der Waals surface area (Å²) < 4.78 is 0. The van der Waals surface area contributed by atoms with Crippen molar-refractivity contribution in [3.63, 3.8) is 0 Å². The quantitative estimate of drug-likeness (QED) is 0.404. The highest BCUT2D eigenvalue weighted by Crippen LogP contribution is 2.25. The molecular weight excluding hydrogens is 375 g/mol. The summed E-state index contributed by atoms with van der Waals surface area (Å²) in [5.41, 5.74) is 5.97. The maximum absolute atomic E-state index is 5.97. The fourth-order valence-corrected chi connectivity index (χ4v) is 3.66. The van der Waals surface area contributed by atoms with Crippen LogP contribution in [-0.2, 0) is 0 Å². The van der Waals surface area contributed by atoms with Gasteiger partial charge in [-0.3, -0.25) is 9.89 Å². The van der Waals surface area contributed by atoms with E-state index in [1.54, 1.807) is 0 Å². The van der Waals surface area contributed by atoms with E-state index in [4.69, 9.17) is 5.73 Å². The van der Waals surface area contributed by atoms with Crippen molar-refractivity contribution in [1.29, 1.82) is 0 Å². The first-order valence-corrected chi connectivity index (χ1v) is 8.57. The van der Waals surface area contributed by atoms with Gasteiger partial charge in [0.2, 0.25) is 0 Å². The van der Waals surface area contributed by atoms with Gasteiger partial charge in [-0.05, 0) is 38.3 Å². The van der Waals surface area contributed by atoms with E-state index < -0.39 is 0 Å². The summed E-state index contributed by atoms with van der Waals surface area (Å²) >= 11 is 0. The maximum atomic E-state index is 5.97. The Morgan fingerprint density at radius 1 is 1.19 bits per heavy atom. The first kappa shape index (κ1) is 19.0. The second-order valence-electron chi connectivity index (χ2n) is 6.37. The standard InChI is InChI=1S/C16H32N4.HI/c1-2-20-12-6-9-15(20)13-19-16(17)18-11-10-14-7-4-3-5-8-14;/h14-15H,2-13H2,1H3,(H3,17,18,19);1H. The Morgan fingerprint density at radius 2 is 1.95 bits per heavy atom. The van der Waals surface area contributed by atoms with Crippen LogP contribution in [0, 0.1) is 5.92 Å². The van der Waals surface area contributed by atoms with Crippen LogP contribution < -0.4 is 11.1 Å². The lowest BCUT2D eigenvalue weighted by atomic mass is 9.87. The van der Waals surface area contributed by atoms with E-state index in [1.165, 1.54) is 57.9 Å². The lowest BCUT2D eigenvalue weighted by Gasteiger charge is -2.22. The van der Waals surface area contributed by atoms with Gasteiger partial charge in [-0.1, -0.05) is 39.0 Å². The van der Waals surface area contributed by atoms with Gasteiger partial charge in [0.15, 0.2) is 5.96 Å². The molecule has 0 aromatic heterocycles. The van der Waals surface area contributed by atoms with Crippen LogP contribution in [0.2, 0.25) is 0 Å². The maximum Gasteiger partial charge on any atom is 0.188 e. The lowest BCUT2D eigenvalue weighted by Crippen LogP contribution is -2.36. The Hall–Kier alpha value is -0.0400. The summed E-state index contributed by atoms with van der Waals surface area (Å²) in [6, 6.07) is 0.610. The Balaban J connectivity index is 0.00000220. The molecule has 0 radical (unpaired) electrons. The number of halogens is 1. The predicted octanol–water partition coefficient (Wildman–Crippen LogP) is 2.96. The molecule has 4 nitrogen and oxygen atoms in total. The minimum atomic E-state index is 0. The predicted molar refractivity (Wildman–Crippen MR) is 101 cm³/mol. The molecule has 1 saturated carbocycles. The fourth-order valence-electron chi connectivity index (χ4n) is 3.66. The Labute approximate surface area is 147 Å². The van der Waals surface area contributed by atoms with Crippen molar-refractivity contribution >= 4 is 29.9 Å². The van der Waals surface area contributed by atoms with Crippen LogP contribution in [0.5, 0.6) is 0 Å². The van der Waals surface area contributed by atoms with Crippen LogP contribution in [0.1, 0.15) is 58.3 Å². The third kappa shape index (κ3) is 6.72. The number of nitrogens with zero attached hydrogens (tertiary/aromatic N) is 2. The van der Waals surface area contributed by atoms with Crippen LogP contribution in [0.4, 0.5) is 0 Å². The van der Waals surface area contributed by atoms with Crippen LogP contribution in [0.15, 0.2) is 4.99 Å². The van der Waals surface area contributed by atoms with Gasteiger partial charge in [-0.15, -0.1) is 24.0 Å². The van der Waals surface area contributed by atoms with Crippen molar-refractivity contribution in [1.82, 2.24) is 10.2 Å². The van der Waals surface area contributed by atoms with E-state index in [9.17, 15) is 0 Å². The normalized spacial score (nSPS) is 24.8. The number of guanidine groups is 1. The molecular formula is C16H33IN4. The van der Waals surface area contributed by atoms with Gasteiger partial charge in [-0.25, -0.2) is 0 Å². The van der Waals surface area contributed by atoms with E-state index in [0.29, 0.717) is 12.0 Å². The zero-order chi connectivity index (χ0) is 14.2. The number of rotatable bonds is 6. The number of aliphatic imine (C=N–C) groups is 1. The van der Waals surface area contributed by atoms with Gasteiger partial charge in [0.1, 0.15) is 0 Å². The molecule has 5 heteroatoms. The molecule has 0 aromatic carbocycles. The fraction of sp³-hybridized carbons (Fsp3) is 0.938. The summed E-state index contributed by atoms with van der Waals surface area (Å²) in [6.45, 7) is 6.44. The molecule has 0 amide bonds. The Bertz CT molecular complexity index is 303. The minimum absolute atomic E-state index is 0. The summed E-state index contributed by atoms with van der Waals surface area (Å²) in [6.07, 6.45) is 10.9. The lowest BCUT2D eigenvalue weighted by molar-refractivity contribution is 0.273. The second-order valence-corrected chi connectivity index (χ2v) is 6.37. The zero-order valence-corrected chi connectivity index (χ0v) is 15.9. The zero-order valence-electron chi connectivity index (χ0n) is 13.5. The Kier molecular flexibility index (Phi) is 9.64. The molecule has 1 atom stereocenters. The van der Waals surface area contributed by atoms with Crippen molar-refractivity contribution < 1.29 is 0 Å². The summed E-state index contributed by atoms with van der Waals surface area (Å²) in [7, 11) is 0. The number of nitrogens with two attached hydrogens (primary N) is 1. The van der Waals surface area contributed by atoms with E-state index in [-0.39, 0.29) is 24.0 Å². The minimum Gasteiger partial charge on any atom is -0.370 e. The average molecular weight is 408 g/mol. The molecule has 0 bridgehead atoms. The van der Waals surface area contributed by atoms with Crippen LogP contribution in [0.25, 0.3) is 0 Å². The first-order valence-electron chi connectivity index (χ1n) is 8.57. The number of hydrogen-bond donors (Lipinski definition) is 2. The van der Waals surface area contributed by atoms with Gasteiger partial charge in [0.25, 0.3) is 0 Å². The molecule has 3 N–H and O–H groups in total. The van der Waals surface area contributed by atoms with E-state index >= 15 is 0 Å². The van der Waals surface area contributed by atoms with Gasteiger partial charge >= 0.3 is 0 Å². The number of nitrogens with one attached hydrogen (secondary N) is 1. The van der Waals surface area contributed by atoms with Crippen LogP contribution >= 0.6 is 24.0 Å². The smallest absolute Gasteiger partial charge is 0.188 e. The van der Waals surface area contributed by atoms with Crippen molar-refractivity contribution in [2.24, 2.45) is 16.6 Å². The van der Waals surface area contributed by atoms with Crippen molar-refractivity contribution in [3.8, 4) is 0 Å². The van der Waals surface area contributed by atoms with Crippen LogP contribution in [-0.4, -0.2) is 43.1 Å². The molecule has 2 rings (SSSR count). The molecule has 1 aliphatic heterocycles. The highest BCUT2D eigenvalue weighted by atomic mass is 127. The SMILES string of the molecule is CCN1CCCC1CN=C(N)NCCC1CCCCC1.I. The summed E-state index contributed by atoms with van der Waals surface area (Å²) in [4.78, 5) is 7.04. The van der Waals surface area contributed by atoms with Crippen LogP contribution in [0.3, 0.4) is 0 Å². The molecule has 1 heterocycles. The van der Waals surface area contributed by atoms with Gasteiger partial charge in [0.05, 0.1) is 6.54 Å². The molecule has 1 unspecified atom stereocenters. The van der Waals surface area contributed by atoms with Gasteiger partial charge in [0, 0.05) is 12.6 Å². The molecule has 0 spiro atoms. The number of likely N-dealkylation sites (tertiary alicyclic amines) is 1. The first-order chi connectivity index (χ1) is 9.79. The largest absolute Gasteiger partial charge is 0.370 e. The van der Waals surface area contributed by atoms with E-state index in [0.717, 1.165) is 25.6 Å². The number of likely N-dealkylation sites (N-methyl/N-ethyl adjacent to an activating group) is 1. The monoisotopic (exact) mass is 408 g/mol. The van der Waals surface area contributed by atoms with Crippen molar-refractivity contribution in [3.05, 3.63) is 0 Å². The average Bonchev–Trinajstić information content (AvgIpc) is 2.94. The number of hydrogen-bond acceptors (Lipinski definition) is 2. The Morgan fingerprint density at radius 3 is 2.67 bits per heavy atom. The van der Waals surface area contributed by atoms with Gasteiger partial charge < -0.3 is 11.1 Å². The second kappa shape index (κ2) is 10.6. The highest BCUT2D eigenvalue weighted by Gasteiger charge is 2.22. The molecule has 1 saturated heterocycles. The van der Waals surface area contributed by atoms with Crippen molar-refractivity contribution in [2.45, 2.75) is 64.3 Å². The third-order valence-electron chi connectivity index (χ3n) is 4.96. The molecule has 2 fully saturated rings. The summed E-state index contributed by atoms with van der Waals surface area (Å²) in [5.74, 6) is 1.55. The van der Waals surface area contributed by atoms with Gasteiger partial charge in [-0.2, -0.15) is 0 Å². The topological polar surface area (TPSA) is 53.6 Å². The molecule has 0 aromatic rings. The molecule has 124 valence electrons. The van der Waals surface area contributed by atoms with E-state index in [1.807, 2.05) is 0 Å². The highest BCUT2D eigenvalue weighted by molar-refractivity contribution is 14.0. The van der Waals surface area contributed by atoms with Crippen molar-refractivity contribution in [2.75, 3.05) is 26.2 Å².